The molecule has 4 atom stereocenters. The molecule has 3 amide bonds. The SMILES string of the molecule is CS(=O)(=O)N[C@H](CCCCNC(=O)OCc1ccccc1)C(=O)NC(C(c1ccccc1)c1ccccc1)P(=O)(O)CC1(C(=O)N[C@@H](Cc2ccc(O)cc2)C(=O)O)CCCC1. The lowest BCUT2D eigenvalue weighted by molar-refractivity contribution is -0.143. The third kappa shape index (κ3) is 14.0. The molecular formula is C45H55N4O11PS. The number of carbonyl (C=O) groups excluding carboxylic acids is 3. The number of carboxylic acids is 1. The van der Waals surface area contributed by atoms with Crippen LogP contribution >= 0.6 is 7.37 Å². The van der Waals surface area contributed by atoms with Crippen molar-refractivity contribution in [2.45, 2.75) is 81.8 Å². The summed E-state index contributed by atoms with van der Waals surface area (Å²) < 4.78 is 48.1. The van der Waals surface area contributed by atoms with E-state index in [1.165, 1.54) is 24.3 Å². The van der Waals surface area contributed by atoms with E-state index in [1.807, 2.05) is 30.3 Å². The Labute approximate surface area is 362 Å². The molecule has 1 aliphatic rings. The molecule has 15 nitrogen and oxygen atoms in total. The quantitative estimate of drug-likeness (QED) is 0.0378. The molecule has 332 valence electrons. The number of phenolic OH excluding ortho intramolecular Hbond substituents is 1. The Morgan fingerprint density at radius 1 is 0.774 bits per heavy atom. The number of carbonyl (C=O) groups is 4. The molecule has 5 rings (SSSR count). The average molecular weight is 891 g/mol. The smallest absolute Gasteiger partial charge is 0.407 e. The molecule has 2 unspecified atom stereocenters. The molecule has 4 aromatic rings. The highest BCUT2D eigenvalue weighted by Gasteiger charge is 2.51. The third-order valence-electron chi connectivity index (χ3n) is 11.0. The highest BCUT2D eigenvalue weighted by Crippen LogP contribution is 2.58. The van der Waals surface area contributed by atoms with Crippen LogP contribution < -0.4 is 20.7 Å². The molecule has 0 bridgehead atoms. The normalized spacial score (nSPS) is 16.0. The predicted molar refractivity (Wildman–Crippen MR) is 234 cm³/mol. The van der Waals surface area contributed by atoms with Crippen molar-refractivity contribution in [3.8, 4) is 5.75 Å². The summed E-state index contributed by atoms with van der Waals surface area (Å²) in [5, 5.41) is 27.9. The number of rotatable bonds is 22. The first-order valence-corrected chi connectivity index (χ1v) is 24.3. The van der Waals surface area contributed by atoms with Crippen LogP contribution in [0.5, 0.6) is 5.75 Å². The van der Waals surface area contributed by atoms with E-state index in [1.54, 1.807) is 60.7 Å². The molecule has 0 aromatic heterocycles. The predicted octanol–water partition coefficient (Wildman–Crippen LogP) is 5.62. The molecule has 7 N–H and O–H groups in total. The van der Waals surface area contributed by atoms with Crippen molar-refractivity contribution in [1.82, 2.24) is 20.7 Å². The summed E-state index contributed by atoms with van der Waals surface area (Å²) in [6.45, 7) is 0.243. The molecule has 1 fully saturated rings. The van der Waals surface area contributed by atoms with E-state index >= 15 is 4.57 Å². The second-order valence-electron chi connectivity index (χ2n) is 15.8. The van der Waals surface area contributed by atoms with Gasteiger partial charge in [0.2, 0.25) is 29.2 Å². The van der Waals surface area contributed by atoms with Gasteiger partial charge in [-0.1, -0.05) is 116 Å². The number of sulfonamides is 1. The Morgan fingerprint density at radius 3 is 1.89 bits per heavy atom. The zero-order valence-corrected chi connectivity index (χ0v) is 36.2. The van der Waals surface area contributed by atoms with E-state index < -0.39 is 76.6 Å². The van der Waals surface area contributed by atoms with Gasteiger partial charge in [0.15, 0.2) is 0 Å². The van der Waals surface area contributed by atoms with E-state index in [0.717, 1.165) is 11.8 Å². The summed E-state index contributed by atoms with van der Waals surface area (Å²) in [6.07, 6.45) is 1.54. The Kier molecular flexibility index (Phi) is 16.9. The minimum atomic E-state index is -4.73. The van der Waals surface area contributed by atoms with E-state index in [2.05, 4.69) is 20.7 Å². The maximum Gasteiger partial charge on any atom is 0.407 e. The van der Waals surface area contributed by atoms with Crippen molar-refractivity contribution >= 4 is 41.3 Å². The van der Waals surface area contributed by atoms with Crippen LogP contribution in [0.2, 0.25) is 0 Å². The van der Waals surface area contributed by atoms with Crippen LogP contribution in [-0.2, 0) is 46.7 Å². The lowest BCUT2D eigenvalue weighted by Gasteiger charge is -2.38. The molecule has 0 radical (unpaired) electrons. The lowest BCUT2D eigenvalue weighted by atomic mass is 9.87. The van der Waals surface area contributed by atoms with Crippen LogP contribution in [0.3, 0.4) is 0 Å². The summed E-state index contributed by atoms with van der Waals surface area (Å²) in [5.74, 6) is -5.43. The summed E-state index contributed by atoms with van der Waals surface area (Å²) in [4.78, 5) is 65.8. The third-order valence-corrected chi connectivity index (χ3v) is 14.1. The standard InChI is InChI=1S/C45H55N4O11PS/c1-62(58,59)49-37(21-11-14-28-46-44(55)60-30-33-15-5-2-6-16-33)40(51)48-41(39(34-17-7-3-8-18-34)35-19-9-4-10-20-35)61(56,57)31-45(26-12-13-27-45)43(54)47-38(42(52)53)29-32-22-24-36(50)25-23-32/h2-10,15-20,22-25,37-39,41,49-50H,11-14,21,26-31H2,1H3,(H,46,55)(H,47,54)(H,48,51)(H,52,53)(H,56,57)/t37-,38+,41?/m1/s1. The maximum atomic E-state index is 15.3. The largest absolute Gasteiger partial charge is 0.508 e. The number of aliphatic carboxylic acids is 1. The molecule has 0 spiro atoms. The van der Waals surface area contributed by atoms with Crippen molar-refractivity contribution in [3.63, 3.8) is 0 Å². The van der Waals surface area contributed by atoms with Crippen LogP contribution in [0.1, 0.15) is 73.1 Å². The first-order valence-electron chi connectivity index (χ1n) is 20.5. The summed E-state index contributed by atoms with van der Waals surface area (Å²) >= 11 is 0. The van der Waals surface area contributed by atoms with Gasteiger partial charge in [-0.25, -0.2) is 22.7 Å². The second kappa shape index (κ2) is 22.0. The molecule has 17 heteroatoms. The summed E-state index contributed by atoms with van der Waals surface area (Å²) in [7, 11) is -8.71. The number of alkyl carbamates (subject to hydrolysis) is 1. The Morgan fingerprint density at radius 2 is 1.34 bits per heavy atom. The van der Waals surface area contributed by atoms with E-state index in [9.17, 15) is 42.7 Å². The zero-order chi connectivity index (χ0) is 44.8. The van der Waals surface area contributed by atoms with Crippen LogP contribution in [0.4, 0.5) is 4.79 Å². The van der Waals surface area contributed by atoms with Gasteiger partial charge in [0, 0.05) is 25.0 Å². The van der Waals surface area contributed by atoms with Gasteiger partial charge in [0.25, 0.3) is 0 Å². The van der Waals surface area contributed by atoms with E-state index in [-0.39, 0.29) is 51.0 Å². The van der Waals surface area contributed by atoms with Gasteiger partial charge in [0.05, 0.1) is 11.7 Å². The van der Waals surface area contributed by atoms with Gasteiger partial charge in [0.1, 0.15) is 30.2 Å². The van der Waals surface area contributed by atoms with Crippen LogP contribution in [0, 0.1) is 5.41 Å². The molecule has 1 saturated carbocycles. The number of aromatic hydroxyl groups is 1. The number of ether oxygens (including phenoxy) is 1. The monoisotopic (exact) mass is 890 g/mol. The van der Waals surface area contributed by atoms with E-state index in [0.29, 0.717) is 36.0 Å². The summed E-state index contributed by atoms with van der Waals surface area (Å²) in [6, 6.07) is 29.8. The number of nitrogens with one attached hydrogen (secondary N) is 4. The number of hydrogen-bond acceptors (Lipinski definition) is 9. The van der Waals surface area contributed by atoms with Gasteiger partial charge < -0.3 is 35.8 Å². The molecule has 0 aliphatic heterocycles. The molecular weight excluding hydrogens is 836 g/mol. The number of hydrogen-bond donors (Lipinski definition) is 7. The average Bonchev–Trinajstić information content (AvgIpc) is 3.72. The number of amides is 3. The lowest BCUT2D eigenvalue weighted by Crippen LogP contribution is -2.53. The van der Waals surface area contributed by atoms with E-state index in [4.69, 9.17) is 4.74 Å². The van der Waals surface area contributed by atoms with Crippen LogP contribution in [-0.4, -0.2) is 84.2 Å². The first kappa shape index (κ1) is 47.5. The molecule has 4 aromatic carbocycles. The van der Waals surface area contributed by atoms with Crippen molar-refractivity contribution in [2.75, 3.05) is 19.0 Å². The van der Waals surface area contributed by atoms with Crippen LogP contribution in [0.15, 0.2) is 115 Å². The molecule has 0 heterocycles. The molecule has 0 saturated heterocycles. The maximum absolute atomic E-state index is 15.3. The minimum Gasteiger partial charge on any atom is -0.508 e. The van der Waals surface area contributed by atoms with Gasteiger partial charge in [-0.3, -0.25) is 14.2 Å². The first-order chi connectivity index (χ1) is 29.5. The van der Waals surface area contributed by atoms with Gasteiger partial charge >= 0.3 is 12.1 Å². The topological polar surface area (TPSA) is 238 Å². The van der Waals surface area contributed by atoms with Gasteiger partial charge in [-0.05, 0) is 66.5 Å². The van der Waals surface area contributed by atoms with Crippen molar-refractivity contribution < 1.29 is 52.0 Å². The number of carboxylic acid groups (broad SMARTS) is 1. The fraction of sp³-hybridized carbons (Fsp3) is 0.378. The van der Waals surface area contributed by atoms with Crippen molar-refractivity contribution in [2.24, 2.45) is 5.41 Å². The molecule has 1 aliphatic carbocycles. The zero-order valence-electron chi connectivity index (χ0n) is 34.5. The van der Waals surface area contributed by atoms with Gasteiger partial charge in [-0.15, -0.1) is 0 Å². The second-order valence-corrected chi connectivity index (χ2v) is 20.0. The minimum absolute atomic E-state index is 0.0103. The highest BCUT2D eigenvalue weighted by atomic mass is 32.2. The number of benzene rings is 4. The highest BCUT2D eigenvalue weighted by molar-refractivity contribution is 7.88. The van der Waals surface area contributed by atoms with Crippen molar-refractivity contribution in [3.05, 3.63) is 138 Å². The Balaban J connectivity index is 1.40. The molecule has 62 heavy (non-hydrogen) atoms. The van der Waals surface area contributed by atoms with Crippen LogP contribution in [0.25, 0.3) is 0 Å². The Bertz CT molecular complexity index is 2220. The number of phenols is 1. The Hall–Kier alpha value is -5.54. The van der Waals surface area contributed by atoms with Gasteiger partial charge in [-0.2, -0.15) is 0 Å². The fourth-order valence-corrected chi connectivity index (χ4v) is 11.3. The fourth-order valence-electron chi connectivity index (χ4n) is 7.90. The van der Waals surface area contributed by atoms with Crippen molar-refractivity contribution in [1.29, 1.82) is 0 Å². The summed E-state index contributed by atoms with van der Waals surface area (Å²) in [5.41, 5.74) is 1.01. The number of unbranched alkanes of at least 4 members (excludes halogenated alkanes) is 1.